The van der Waals surface area contributed by atoms with Crippen LogP contribution in [-0.2, 0) is 0 Å². The SMILES string of the molecule is Cc1cccc(Sc2cncc(N)n2)c1. The molecule has 0 spiro atoms. The van der Waals surface area contributed by atoms with Crippen LogP contribution < -0.4 is 5.73 Å². The Morgan fingerprint density at radius 1 is 1.27 bits per heavy atom. The number of hydrogen-bond donors (Lipinski definition) is 1. The van der Waals surface area contributed by atoms with Crippen molar-refractivity contribution in [1.29, 1.82) is 0 Å². The molecule has 1 aromatic heterocycles. The molecule has 2 N–H and O–H groups in total. The van der Waals surface area contributed by atoms with E-state index in [9.17, 15) is 0 Å². The number of rotatable bonds is 2. The lowest BCUT2D eigenvalue weighted by molar-refractivity contribution is 1.07. The van der Waals surface area contributed by atoms with Crippen LogP contribution in [0.5, 0.6) is 0 Å². The van der Waals surface area contributed by atoms with Crippen LogP contribution in [0.1, 0.15) is 5.56 Å². The number of aromatic nitrogens is 2. The normalized spacial score (nSPS) is 10.2. The topological polar surface area (TPSA) is 51.8 Å². The number of nitrogens with two attached hydrogens (primary N) is 1. The van der Waals surface area contributed by atoms with Crippen LogP contribution in [0.15, 0.2) is 46.6 Å². The van der Waals surface area contributed by atoms with Gasteiger partial charge in [0.25, 0.3) is 0 Å². The first kappa shape index (κ1) is 9.98. The average Bonchev–Trinajstić information content (AvgIpc) is 2.17. The zero-order valence-corrected chi connectivity index (χ0v) is 9.16. The number of aryl methyl sites for hydroxylation is 1. The fourth-order valence-corrected chi connectivity index (χ4v) is 2.11. The lowest BCUT2D eigenvalue weighted by Crippen LogP contribution is -1.92. The first-order valence-electron chi connectivity index (χ1n) is 4.56. The number of hydrogen-bond acceptors (Lipinski definition) is 4. The number of nitrogens with zero attached hydrogens (tertiary/aromatic N) is 2. The Kier molecular flexibility index (Phi) is 2.87. The molecule has 1 aromatic carbocycles. The van der Waals surface area contributed by atoms with E-state index in [4.69, 9.17) is 5.73 Å². The molecule has 2 aromatic rings. The third kappa shape index (κ3) is 2.70. The zero-order chi connectivity index (χ0) is 10.7. The molecular weight excluding hydrogens is 206 g/mol. The van der Waals surface area contributed by atoms with Crippen molar-refractivity contribution in [2.24, 2.45) is 0 Å². The van der Waals surface area contributed by atoms with Gasteiger partial charge in [-0.15, -0.1) is 0 Å². The predicted octanol–water partition coefficient (Wildman–Crippen LogP) is 2.52. The Bertz CT molecular complexity index is 427. The van der Waals surface area contributed by atoms with Crippen LogP contribution in [-0.4, -0.2) is 9.97 Å². The highest BCUT2D eigenvalue weighted by molar-refractivity contribution is 7.99. The molecular formula is C11H11N3S. The van der Waals surface area contributed by atoms with Gasteiger partial charge in [-0.3, -0.25) is 4.98 Å². The van der Waals surface area contributed by atoms with E-state index in [1.165, 1.54) is 5.56 Å². The molecule has 0 saturated heterocycles. The first-order valence-corrected chi connectivity index (χ1v) is 5.38. The van der Waals surface area contributed by atoms with Gasteiger partial charge in [-0.2, -0.15) is 0 Å². The van der Waals surface area contributed by atoms with Gasteiger partial charge in [-0.05, 0) is 19.1 Å². The van der Waals surface area contributed by atoms with E-state index in [0.717, 1.165) is 9.92 Å². The predicted molar refractivity (Wildman–Crippen MR) is 61.7 cm³/mol. The van der Waals surface area contributed by atoms with E-state index in [2.05, 4.69) is 29.0 Å². The van der Waals surface area contributed by atoms with Crippen molar-refractivity contribution in [3.05, 3.63) is 42.2 Å². The van der Waals surface area contributed by atoms with Crippen LogP contribution in [0.25, 0.3) is 0 Å². The van der Waals surface area contributed by atoms with Gasteiger partial charge in [0.15, 0.2) is 0 Å². The minimum Gasteiger partial charge on any atom is -0.382 e. The monoisotopic (exact) mass is 217 g/mol. The smallest absolute Gasteiger partial charge is 0.143 e. The van der Waals surface area contributed by atoms with Crippen molar-refractivity contribution in [1.82, 2.24) is 9.97 Å². The van der Waals surface area contributed by atoms with Gasteiger partial charge in [0.1, 0.15) is 10.8 Å². The van der Waals surface area contributed by atoms with Crippen molar-refractivity contribution < 1.29 is 0 Å². The quantitative estimate of drug-likeness (QED) is 0.839. The van der Waals surface area contributed by atoms with Crippen LogP contribution in [0, 0.1) is 6.92 Å². The maximum atomic E-state index is 5.56. The van der Waals surface area contributed by atoms with Crippen LogP contribution in [0.4, 0.5) is 5.82 Å². The average molecular weight is 217 g/mol. The van der Waals surface area contributed by atoms with Gasteiger partial charge in [-0.1, -0.05) is 29.5 Å². The van der Waals surface area contributed by atoms with Gasteiger partial charge in [0, 0.05) is 4.90 Å². The molecule has 15 heavy (non-hydrogen) atoms. The third-order valence-electron chi connectivity index (χ3n) is 1.84. The molecule has 0 saturated carbocycles. The summed E-state index contributed by atoms with van der Waals surface area (Å²) in [4.78, 5) is 9.32. The highest BCUT2D eigenvalue weighted by atomic mass is 32.2. The molecule has 76 valence electrons. The summed E-state index contributed by atoms with van der Waals surface area (Å²) in [6.07, 6.45) is 3.25. The fraction of sp³-hybridized carbons (Fsp3) is 0.0909. The third-order valence-corrected chi connectivity index (χ3v) is 2.74. The molecule has 0 atom stereocenters. The summed E-state index contributed by atoms with van der Waals surface area (Å²) in [5, 5.41) is 0.820. The Morgan fingerprint density at radius 3 is 2.87 bits per heavy atom. The molecule has 0 radical (unpaired) electrons. The number of nitrogen functional groups attached to an aromatic ring is 1. The summed E-state index contributed by atoms with van der Waals surface area (Å²) in [7, 11) is 0. The fourth-order valence-electron chi connectivity index (χ4n) is 1.21. The highest BCUT2D eigenvalue weighted by Crippen LogP contribution is 2.26. The molecule has 3 nitrogen and oxygen atoms in total. The highest BCUT2D eigenvalue weighted by Gasteiger charge is 1.99. The number of benzene rings is 1. The summed E-state index contributed by atoms with van der Waals surface area (Å²) in [5.41, 5.74) is 6.79. The Balaban J connectivity index is 2.22. The molecule has 0 bridgehead atoms. The van der Waals surface area contributed by atoms with Gasteiger partial charge >= 0.3 is 0 Å². The van der Waals surface area contributed by atoms with E-state index in [1.807, 2.05) is 12.1 Å². The van der Waals surface area contributed by atoms with E-state index in [-0.39, 0.29) is 0 Å². The minimum absolute atomic E-state index is 0.452. The minimum atomic E-state index is 0.452. The molecule has 2 rings (SSSR count). The van der Waals surface area contributed by atoms with Crippen LogP contribution >= 0.6 is 11.8 Å². The van der Waals surface area contributed by atoms with Gasteiger partial charge in [0.2, 0.25) is 0 Å². The Hall–Kier alpha value is -1.55. The standard InChI is InChI=1S/C11H11N3S/c1-8-3-2-4-9(5-8)15-11-7-13-6-10(12)14-11/h2-7H,1H3,(H2,12,14). The molecule has 4 heteroatoms. The van der Waals surface area contributed by atoms with Crippen molar-refractivity contribution in [2.75, 3.05) is 5.73 Å². The van der Waals surface area contributed by atoms with Crippen LogP contribution in [0.2, 0.25) is 0 Å². The summed E-state index contributed by atoms with van der Waals surface area (Å²) in [6, 6.07) is 8.24. The van der Waals surface area contributed by atoms with Crippen molar-refractivity contribution in [3.63, 3.8) is 0 Å². The Morgan fingerprint density at radius 2 is 2.13 bits per heavy atom. The molecule has 0 aliphatic rings. The second-order valence-corrected chi connectivity index (χ2v) is 4.29. The summed E-state index contributed by atoms with van der Waals surface area (Å²) in [5.74, 6) is 0.452. The van der Waals surface area contributed by atoms with E-state index >= 15 is 0 Å². The molecule has 1 heterocycles. The van der Waals surface area contributed by atoms with Crippen molar-refractivity contribution >= 4 is 17.6 Å². The van der Waals surface area contributed by atoms with Gasteiger partial charge in [-0.25, -0.2) is 4.98 Å². The molecule has 0 aliphatic carbocycles. The summed E-state index contributed by atoms with van der Waals surface area (Å²) < 4.78 is 0. The second-order valence-electron chi connectivity index (χ2n) is 3.20. The lowest BCUT2D eigenvalue weighted by atomic mass is 10.2. The van der Waals surface area contributed by atoms with E-state index in [0.29, 0.717) is 5.82 Å². The molecule has 0 aliphatic heterocycles. The van der Waals surface area contributed by atoms with Crippen molar-refractivity contribution in [3.8, 4) is 0 Å². The molecule has 0 fully saturated rings. The van der Waals surface area contributed by atoms with Gasteiger partial charge < -0.3 is 5.73 Å². The molecule has 0 amide bonds. The number of anilines is 1. The molecule has 0 unspecified atom stereocenters. The first-order chi connectivity index (χ1) is 7.24. The maximum Gasteiger partial charge on any atom is 0.143 e. The lowest BCUT2D eigenvalue weighted by Gasteiger charge is -2.01. The summed E-state index contributed by atoms with van der Waals surface area (Å²) in [6.45, 7) is 2.06. The van der Waals surface area contributed by atoms with E-state index in [1.54, 1.807) is 24.2 Å². The van der Waals surface area contributed by atoms with E-state index < -0.39 is 0 Å². The van der Waals surface area contributed by atoms with Crippen molar-refractivity contribution in [2.45, 2.75) is 16.8 Å². The zero-order valence-electron chi connectivity index (χ0n) is 8.34. The maximum absolute atomic E-state index is 5.56. The summed E-state index contributed by atoms with van der Waals surface area (Å²) >= 11 is 1.56. The van der Waals surface area contributed by atoms with Gasteiger partial charge in [0.05, 0.1) is 12.4 Å². The van der Waals surface area contributed by atoms with Crippen LogP contribution in [0.3, 0.4) is 0 Å². The second kappa shape index (κ2) is 4.31. The Labute approximate surface area is 92.8 Å². The largest absolute Gasteiger partial charge is 0.382 e.